The summed E-state index contributed by atoms with van der Waals surface area (Å²) in [4.78, 5) is 36.2. The molecule has 10 nitrogen and oxygen atoms in total. The van der Waals surface area contributed by atoms with Crippen LogP contribution in [0.15, 0.2) is 36.8 Å². The zero-order valence-electron chi connectivity index (χ0n) is 14.7. The van der Waals surface area contributed by atoms with Crippen LogP contribution in [0.25, 0.3) is 5.65 Å². The van der Waals surface area contributed by atoms with Gasteiger partial charge in [-0.05, 0) is 25.1 Å². The average Bonchev–Trinajstić information content (AvgIpc) is 3.33. The Hall–Kier alpha value is -3.95. The molecule has 1 aliphatic rings. The smallest absolute Gasteiger partial charge is 0.340 e. The Kier molecular flexibility index (Phi) is 4.36. The Morgan fingerprint density at radius 1 is 1.21 bits per heavy atom. The topological polar surface area (TPSA) is 121 Å². The number of nitrogens with one attached hydrogen (secondary N) is 1. The van der Waals surface area contributed by atoms with Crippen molar-refractivity contribution >= 4 is 29.0 Å². The number of hydrogen-bond donors (Lipinski definition) is 1. The zero-order valence-corrected chi connectivity index (χ0v) is 14.7. The predicted molar refractivity (Wildman–Crippen MR) is 94.5 cm³/mol. The third kappa shape index (κ3) is 3.34. The Morgan fingerprint density at radius 3 is 2.79 bits per heavy atom. The number of nitrogens with zero attached hydrogens (tertiary/aromatic N) is 3. The molecular weight excluding hydrogens is 368 g/mol. The van der Waals surface area contributed by atoms with Gasteiger partial charge in [-0.3, -0.25) is 14.0 Å². The van der Waals surface area contributed by atoms with Crippen LogP contribution in [-0.4, -0.2) is 45.7 Å². The summed E-state index contributed by atoms with van der Waals surface area (Å²) in [6.45, 7) is 0.887. The highest BCUT2D eigenvalue weighted by Gasteiger charge is 2.21. The summed E-state index contributed by atoms with van der Waals surface area (Å²) >= 11 is 0. The third-order valence-corrected chi connectivity index (χ3v) is 4.03. The fourth-order valence-corrected chi connectivity index (χ4v) is 2.69. The van der Waals surface area contributed by atoms with Gasteiger partial charge in [0.1, 0.15) is 6.33 Å². The van der Waals surface area contributed by atoms with Crippen LogP contribution in [0.5, 0.6) is 11.5 Å². The number of pyridine rings is 1. The van der Waals surface area contributed by atoms with Crippen LogP contribution in [0.1, 0.15) is 27.6 Å². The number of rotatable bonds is 5. The van der Waals surface area contributed by atoms with Gasteiger partial charge in [-0.15, -0.1) is 10.2 Å². The highest BCUT2D eigenvalue weighted by atomic mass is 16.7. The van der Waals surface area contributed by atoms with Gasteiger partial charge >= 0.3 is 5.97 Å². The molecule has 0 fully saturated rings. The van der Waals surface area contributed by atoms with Gasteiger partial charge in [0.25, 0.3) is 5.91 Å². The lowest BCUT2D eigenvalue weighted by atomic mass is 10.1. The quantitative estimate of drug-likeness (QED) is 0.520. The van der Waals surface area contributed by atoms with Crippen molar-refractivity contribution in [3.8, 4) is 11.5 Å². The van der Waals surface area contributed by atoms with Crippen LogP contribution in [0.2, 0.25) is 0 Å². The number of carbonyl (C=O) groups is 3. The van der Waals surface area contributed by atoms with Crippen LogP contribution in [0, 0.1) is 0 Å². The summed E-state index contributed by atoms with van der Waals surface area (Å²) in [6.07, 6.45) is 2.95. The molecule has 1 amide bonds. The number of Topliss-reactive ketones (excluding diaryl/α,β-unsaturated/α-hetero) is 1. The van der Waals surface area contributed by atoms with E-state index in [0.717, 1.165) is 0 Å². The van der Waals surface area contributed by atoms with Crippen LogP contribution in [0.3, 0.4) is 0 Å². The van der Waals surface area contributed by atoms with Crippen LogP contribution in [0.4, 0.5) is 5.69 Å². The van der Waals surface area contributed by atoms with E-state index in [1.807, 2.05) is 0 Å². The van der Waals surface area contributed by atoms with E-state index >= 15 is 0 Å². The number of anilines is 1. The molecule has 3 aromatic rings. The fourth-order valence-electron chi connectivity index (χ4n) is 2.69. The number of ether oxygens (including phenoxy) is 3. The van der Waals surface area contributed by atoms with Crippen molar-refractivity contribution in [3.05, 3.63) is 47.9 Å². The van der Waals surface area contributed by atoms with Gasteiger partial charge in [0, 0.05) is 17.8 Å². The Balaban J connectivity index is 1.43. The molecule has 0 bridgehead atoms. The molecule has 0 radical (unpaired) electrons. The summed E-state index contributed by atoms with van der Waals surface area (Å²) in [6, 6.07) is 6.13. The largest absolute Gasteiger partial charge is 0.454 e. The van der Waals surface area contributed by atoms with Gasteiger partial charge in [0.15, 0.2) is 29.5 Å². The first-order valence-corrected chi connectivity index (χ1v) is 8.22. The molecule has 0 spiro atoms. The van der Waals surface area contributed by atoms with E-state index < -0.39 is 18.5 Å². The number of ketones is 1. The molecule has 2 aromatic heterocycles. The Labute approximate surface area is 158 Å². The van der Waals surface area contributed by atoms with Crippen LogP contribution in [-0.2, 0) is 9.53 Å². The van der Waals surface area contributed by atoms with Crippen molar-refractivity contribution in [2.45, 2.75) is 6.92 Å². The molecular formula is C18H14N4O6. The normalized spacial score (nSPS) is 12.0. The molecule has 0 aliphatic carbocycles. The number of hydrogen-bond acceptors (Lipinski definition) is 8. The van der Waals surface area contributed by atoms with Gasteiger partial charge in [-0.1, -0.05) is 0 Å². The maximum atomic E-state index is 12.2. The van der Waals surface area contributed by atoms with E-state index in [0.29, 0.717) is 17.1 Å². The first-order valence-electron chi connectivity index (χ1n) is 8.22. The van der Waals surface area contributed by atoms with Crippen molar-refractivity contribution < 1.29 is 28.6 Å². The molecule has 4 rings (SSSR count). The van der Waals surface area contributed by atoms with Crippen molar-refractivity contribution in [1.82, 2.24) is 14.6 Å². The van der Waals surface area contributed by atoms with Crippen LogP contribution < -0.4 is 14.8 Å². The highest BCUT2D eigenvalue weighted by Crippen LogP contribution is 2.37. The molecule has 0 saturated carbocycles. The summed E-state index contributed by atoms with van der Waals surface area (Å²) in [5.74, 6) is -0.685. The summed E-state index contributed by atoms with van der Waals surface area (Å²) < 4.78 is 17.1. The molecule has 0 saturated heterocycles. The zero-order chi connectivity index (χ0) is 19.7. The number of amides is 1. The minimum Gasteiger partial charge on any atom is -0.454 e. The summed E-state index contributed by atoms with van der Waals surface area (Å²) in [5.41, 5.74) is 1.34. The third-order valence-electron chi connectivity index (χ3n) is 4.03. The maximum Gasteiger partial charge on any atom is 0.340 e. The number of carbonyl (C=O) groups excluding carboxylic acids is 3. The summed E-state index contributed by atoms with van der Waals surface area (Å²) in [7, 11) is 0. The Morgan fingerprint density at radius 2 is 2.00 bits per heavy atom. The predicted octanol–water partition coefficient (Wildman–Crippen LogP) is 1.46. The second-order valence-corrected chi connectivity index (χ2v) is 5.95. The SMILES string of the molecule is CC(=O)c1cc2c(cc1NC(=O)COC(=O)c1ccc3nncn3c1)OCO2. The molecule has 3 heterocycles. The number of aromatic nitrogens is 3. The lowest BCUT2D eigenvalue weighted by Gasteiger charge is -2.11. The molecule has 1 N–H and O–H groups in total. The van der Waals surface area contributed by atoms with E-state index in [1.165, 1.54) is 37.6 Å². The van der Waals surface area contributed by atoms with Crippen molar-refractivity contribution in [2.75, 3.05) is 18.7 Å². The second kappa shape index (κ2) is 6.99. The number of fused-ring (bicyclic) bond motifs is 2. The van der Waals surface area contributed by atoms with Crippen molar-refractivity contribution in [3.63, 3.8) is 0 Å². The first-order chi connectivity index (χ1) is 13.5. The van der Waals surface area contributed by atoms with E-state index in [-0.39, 0.29) is 29.4 Å². The van der Waals surface area contributed by atoms with Gasteiger partial charge in [-0.2, -0.15) is 0 Å². The molecule has 0 atom stereocenters. The number of esters is 1. The molecule has 1 aromatic carbocycles. The minimum absolute atomic E-state index is 0.0401. The molecule has 0 unspecified atom stereocenters. The maximum absolute atomic E-state index is 12.2. The summed E-state index contributed by atoms with van der Waals surface area (Å²) in [5, 5.41) is 10.1. The van der Waals surface area contributed by atoms with Crippen LogP contribution >= 0.6 is 0 Å². The molecule has 142 valence electrons. The van der Waals surface area contributed by atoms with Crippen molar-refractivity contribution in [1.29, 1.82) is 0 Å². The lowest BCUT2D eigenvalue weighted by molar-refractivity contribution is -0.119. The van der Waals surface area contributed by atoms with Crippen molar-refractivity contribution in [2.24, 2.45) is 0 Å². The Bertz CT molecular complexity index is 1110. The molecule has 28 heavy (non-hydrogen) atoms. The van der Waals surface area contributed by atoms with Gasteiger partial charge in [-0.25, -0.2) is 4.79 Å². The van der Waals surface area contributed by atoms with E-state index in [1.54, 1.807) is 10.5 Å². The highest BCUT2D eigenvalue weighted by molar-refractivity contribution is 6.05. The van der Waals surface area contributed by atoms with E-state index in [2.05, 4.69) is 15.5 Å². The first kappa shape index (κ1) is 17.5. The van der Waals surface area contributed by atoms with Gasteiger partial charge < -0.3 is 19.5 Å². The minimum atomic E-state index is -0.678. The van der Waals surface area contributed by atoms with E-state index in [9.17, 15) is 14.4 Å². The average molecular weight is 382 g/mol. The van der Waals surface area contributed by atoms with Gasteiger partial charge in [0.05, 0.1) is 11.3 Å². The van der Waals surface area contributed by atoms with Gasteiger partial charge in [0.2, 0.25) is 6.79 Å². The second-order valence-electron chi connectivity index (χ2n) is 5.95. The standard InChI is InChI=1S/C18H14N4O6/c1-10(23)12-4-14-15(28-9-27-14)5-13(12)20-17(24)7-26-18(25)11-2-3-16-21-19-8-22(16)6-11/h2-6,8H,7,9H2,1H3,(H,20,24). The fraction of sp³-hybridized carbons (Fsp3) is 0.167. The molecule has 10 heteroatoms. The lowest BCUT2D eigenvalue weighted by Crippen LogP contribution is -2.22. The molecule has 1 aliphatic heterocycles. The van der Waals surface area contributed by atoms with E-state index in [4.69, 9.17) is 14.2 Å². The number of benzene rings is 1. The monoisotopic (exact) mass is 382 g/mol.